The molecule has 15 heavy (non-hydrogen) atoms. The molecule has 1 aromatic heterocycles. The Labute approximate surface area is 94.3 Å². The van der Waals surface area contributed by atoms with Gasteiger partial charge in [-0.3, -0.25) is 4.68 Å². The van der Waals surface area contributed by atoms with Crippen LogP contribution in [-0.4, -0.2) is 34.4 Å². The quantitative estimate of drug-likeness (QED) is 0.728. The molecular weight excluding hydrogens is 238 g/mol. The molecule has 0 atom stereocenters. The van der Waals surface area contributed by atoms with E-state index in [1.54, 1.807) is 20.0 Å². The number of rotatable bonds is 5. The summed E-state index contributed by atoms with van der Waals surface area (Å²) in [6.07, 6.45) is 1.66. The molecule has 7 heteroatoms. The summed E-state index contributed by atoms with van der Waals surface area (Å²) in [7, 11) is -3.02. The zero-order valence-corrected chi connectivity index (χ0v) is 10.3. The molecule has 0 radical (unpaired) electrons. The van der Waals surface area contributed by atoms with Crippen LogP contribution in [0.4, 0.5) is 0 Å². The molecule has 5 nitrogen and oxygen atoms in total. The van der Waals surface area contributed by atoms with Gasteiger partial charge in [0.05, 0.1) is 29.1 Å². The largest absolute Gasteiger partial charge is 0.251 e. The van der Waals surface area contributed by atoms with Gasteiger partial charge in [0, 0.05) is 6.20 Å². The maximum absolute atomic E-state index is 11.5. The Morgan fingerprint density at radius 2 is 2.20 bits per heavy atom. The third-order valence-electron chi connectivity index (χ3n) is 2.05. The second-order valence-electron chi connectivity index (χ2n) is 3.52. The molecule has 0 amide bonds. The van der Waals surface area contributed by atoms with Gasteiger partial charge in [-0.25, -0.2) is 8.42 Å². The lowest BCUT2D eigenvalue weighted by molar-refractivity contribution is 0.568. The molecule has 0 unspecified atom stereocenters. The molecule has 0 aromatic carbocycles. The number of aryl methyl sites for hydroxylation is 1. The molecule has 0 aliphatic rings. The van der Waals surface area contributed by atoms with E-state index in [0.29, 0.717) is 12.2 Å². The predicted molar refractivity (Wildman–Crippen MR) is 58.5 cm³/mol. The summed E-state index contributed by atoms with van der Waals surface area (Å²) < 4.78 is 24.5. The summed E-state index contributed by atoms with van der Waals surface area (Å²) in [5.74, 6) is 0.368. The van der Waals surface area contributed by atoms with Crippen molar-refractivity contribution in [3.05, 3.63) is 11.9 Å². The van der Waals surface area contributed by atoms with E-state index in [9.17, 15) is 8.42 Å². The summed E-state index contributed by atoms with van der Waals surface area (Å²) in [5, 5.41) is 7.18. The molecule has 0 fully saturated rings. The summed E-state index contributed by atoms with van der Waals surface area (Å²) in [4.78, 5) is 0. The second kappa shape index (κ2) is 4.94. The van der Waals surface area contributed by atoms with Gasteiger partial charge in [0.25, 0.3) is 0 Å². The highest BCUT2D eigenvalue weighted by Crippen LogP contribution is 2.03. The lowest BCUT2D eigenvalue weighted by Crippen LogP contribution is -2.21. The van der Waals surface area contributed by atoms with Crippen molar-refractivity contribution in [3.63, 3.8) is 0 Å². The molecular formula is C8H14ClN3O2S. The number of hydrogen-bond acceptors (Lipinski definition) is 4. The first-order valence-electron chi connectivity index (χ1n) is 4.62. The zero-order chi connectivity index (χ0) is 11.5. The minimum absolute atomic E-state index is 0.0791. The molecule has 0 aliphatic heterocycles. The number of nitrogens with zero attached hydrogens (tertiary/aromatic N) is 3. The van der Waals surface area contributed by atoms with Gasteiger partial charge in [-0.05, 0) is 13.8 Å². The second-order valence-corrected chi connectivity index (χ2v) is 6.47. The van der Waals surface area contributed by atoms with E-state index in [4.69, 9.17) is 11.6 Å². The highest BCUT2D eigenvalue weighted by molar-refractivity contribution is 7.91. The molecule has 0 saturated carbocycles. The van der Waals surface area contributed by atoms with Crippen molar-refractivity contribution in [1.29, 1.82) is 0 Å². The average molecular weight is 252 g/mol. The number of hydrogen-bond donors (Lipinski definition) is 0. The molecule has 0 bridgehead atoms. The van der Waals surface area contributed by atoms with E-state index in [0.717, 1.165) is 0 Å². The number of halogens is 1. The Morgan fingerprint density at radius 1 is 1.53 bits per heavy atom. The number of sulfone groups is 1. The van der Waals surface area contributed by atoms with Crippen molar-refractivity contribution in [1.82, 2.24) is 15.0 Å². The number of alkyl halides is 1. The summed E-state index contributed by atoms with van der Waals surface area (Å²) in [6.45, 7) is 3.66. The Balaban J connectivity index is 2.58. The number of aromatic nitrogens is 3. The van der Waals surface area contributed by atoms with Crippen LogP contribution in [0.5, 0.6) is 0 Å². The van der Waals surface area contributed by atoms with Crippen LogP contribution >= 0.6 is 11.6 Å². The van der Waals surface area contributed by atoms with Gasteiger partial charge in [-0.2, -0.15) is 0 Å². The average Bonchev–Trinajstić information content (AvgIpc) is 2.62. The summed E-state index contributed by atoms with van der Waals surface area (Å²) in [5.41, 5.74) is 0.651. The summed E-state index contributed by atoms with van der Waals surface area (Å²) >= 11 is 5.55. The van der Waals surface area contributed by atoms with Crippen LogP contribution in [0.25, 0.3) is 0 Å². The molecule has 0 N–H and O–H groups in total. The predicted octanol–water partition coefficient (Wildman–Crippen LogP) is 0.840. The van der Waals surface area contributed by atoms with Crippen LogP contribution in [0.15, 0.2) is 6.20 Å². The standard InChI is InChI=1S/C8H14ClN3O2S/c1-7(2)15(13,14)4-3-12-6-8(5-9)10-11-12/h6-7H,3-5H2,1-2H3. The SMILES string of the molecule is CC(C)S(=O)(=O)CCn1cc(CCl)nn1. The Kier molecular flexibility index (Phi) is 4.10. The van der Waals surface area contributed by atoms with Crippen molar-refractivity contribution in [2.45, 2.75) is 31.5 Å². The van der Waals surface area contributed by atoms with E-state index in [1.165, 1.54) is 4.68 Å². The van der Waals surface area contributed by atoms with Crippen LogP contribution in [0.3, 0.4) is 0 Å². The van der Waals surface area contributed by atoms with Crippen LogP contribution in [0.2, 0.25) is 0 Å². The molecule has 0 saturated heterocycles. The minimum Gasteiger partial charge on any atom is -0.251 e. The van der Waals surface area contributed by atoms with Gasteiger partial charge in [-0.1, -0.05) is 5.21 Å². The van der Waals surface area contributed by atoms with Gasteiger partial charge in [0.1, 0.15) is 0 Å². The molecule has 1 rings (SSSR count). The van der Waals surface area contributed by atoms with Crippen LogP contribution in [0, 0.1) is 0 Å². The minimum atomic E-state index is -3.02. The van der Waals surface area contributed by atoms with Crippen molar-refractivity contribution < 1.29 is 8.42 Å². The Morgan fingerprint density at radius 3 is 2.67 bits per heavy atom. The van der Waals surface area contributed by atoms with E-state index in [1.807, 2.05) is 0 Å². The highest BCUT2D eigenvalue weighted by Gasteiger charge is 2.16. The first-order valence-corrected chi connectivity index (χ1v) is 6.87. The first-order chi connectivity index (χ1) is 6.95. The third kappa shape index (κ3) is 3.46. The zero-order valence-electron chi connectivity index (χ0n) is 8.72. The first kappa shape index (κ1) is 12.4. The Hall–Kier alpha value is -0.620. The highest BCUT2D eigenvalue weighted by atomic mass is 35.5. The molecule has 0 spiro atoms. The van der Waals surface area contributed by atoms with E-state index < -0.39 is 9.84 Å². The third-order valence-corrected chi connectivity index (χ3v) is 4.51. The molecule has 1 aromatic rings. The Bertz CT molecular complexity index is 413. The van der Waals surface area contributed by atoms with Crippen molar-refractivity contribution >= 4 is 21.4 Å². The molecule has 1 heterocycles. The summed E-state index contributed by atoms with van der Waals surface area (Å²) in [6, 6.07) is 0. The van der Waals surface area contributed by atoms with Gasteiger partial charge >= 0.3 is 0 Å². The van der Waals surface area contributed by atoms with Gasteiger partial charge < -0.3 is 0 Å². The van der Waals surface area contributed by atoms with Crippen molar-refractivity contribution in [2.24, 2.45) is 0 Å². The van der Waals surface area contributed by atoms with Gasteiger partial charge in [0.2, 0.25) is 0 Å². The van der Waals surface area contributed by atoms with Crippen molar-refractivity contribution in [3.8, 4) is 0 Å². The maximum Gasteiger partial charge on any atom is 0.154 e. The van der Waals surface area contributed by atoms with E-state index in [-0.39, 0.29) is 16.9 Å². The van der Waals surface area contributed by atoms with Crippen LogP contribution in [0.1, 0.15) is 19.5 Å². The molecule has 0 aliphatic carbocycles. The maximum atomic E-state index is 11.5. The van der Waals surface area contributed by atoms with E-state index in [2.05, 4.69) is 10.3 Å². The van der Waals surface area contributed by atoms with E-state index >= 15 is 0 Å². The molecule has 86 valence electrons. The van der Waals surface area contributed by atoms with Crippen LogP contribution in [-0.2, 0) is 22.3 Å². The lowest BCUT2D eigenvalue weighted by atomic mass is 10.5. The lowest BCUT2D eigenvalue weighted by Gasteiger charge is -2.06. The fourth-order valence-corrected chi connectivity index (χ4v) is 2.00. The smallest absolute Gasteiger partial charge is 0.154 e. The fourth-order valence-electron chi connectivity index (χ4n) is 0.966. The van der Waals surface area contributed by atoms with Crippen molar-refractivity contribution in [2.75, 3.05) is 5.75 Å². The van der Waals surface area contributed by atoms with Crippen LogP contribution < -0.4 is 0 Å². The normalized spacial score (nSPS) is 12.3. The monoisotopic (exact) mass is 251 g/mol. The fraction of sp³-hybridized carbons (Fsp3) is 0.750. The van der Waals surface area contributed by atoms with Gasteiger partial charge in [0.15, 0.2) is 9.84 Å². The van der Waals surface area contributed by atoms with Gasteiger partial charge in [-0.15, -0.1) is 16.7 Å². The topological polar surface area (TPSA) is 64.8 Å².